The SMILES string of the molecule is CCC(C)(C)C1CCc2c(sc3ncn4nc(-c5ccoc5C)nc4c23)C1. The molecular formula is C21H24N4OS. The molecule has 1 atom stereocenters. The van der Waals surface area contributed by atoms with Crippen molar-refractivity contribution in [1.82, 2.24) is 19.6 Å². The second-order valence-electron chi connectivity index (χ2n) is 8.30. The summed E-state index contributed by atoms with van der Waals surface area (Å²) in [5.41, 5.74) is 3.69. The highest BCUT2D eigenvalue weighted by Gasteiger charge is 2.33. The number of fused-ring (bicyclic) bond motifs is 5. The van der Waals surface area contributed by atoms with Crippen molar-refractivity contribution in [1.29, 1.82) is 0 Å². The molecule has 0 fully saturated rings. The van der Waals surface area contributed by atoms with Gasteiger partial charge in [-0.2, -0.15) is 0 Å². The summed E-state index contributed by atoms with van der Waals surface area (Å²) in [5, 5.41) is 5.85. The zero-order chi connectivity index (χ0) is 18.8. The van der Waals surface area contributed by atoms with Gasteiger partial charge in [-0.05, 0) is 49.1 Å². The van der Waals surface area contributed by atoms with E-state index in [1.54, 1.807) is 12.6 Å². The van der Waals surface area contributed by atoms with Crippen molar-refractivity contribution in [2.24, 2.45) is 11.3 Å². The van der Waals surface area contributed by atoms with Crippen LogP contribution in [0.4, 0.5) is 0 Å². The lowest BCUT2D eigenvalue weighted by atomic mass is 9.70. The van der Waals surface area contributed by atoms with Crippen LogP contribution in [0.1, 0.15) is 49.8 Å². The van der Waals surface area contributed by atoms with Gasteiger partial charge in [-0.15, -0.1) is 16.4 Å². The first kappa shape index (κ1) is 16.9. The average molecular weight is 381 g/mol. The summed E-state index contributed by atoms with van der Waals surface area (Å²) < 4.78 is 7.25. The van der Waals surface area contributed by atoms with E-state index in [1.807, 2.05) is 28.8 Å². The summed E-state index contributed by atoms with van der Waals surface area (Å²) in [7, 11) is 0. The Morgan fingerprint density at radius 1 is 1.37 bits per heavy atom. The van der Waals surface area contributed by atoms with Gasteiger partial charge in [-0.3, -0.25) is 0 Å². The van der Waals surface area contributed by atoms with Crippen LogP contribution in [0.2, 0.25) is 0 Å². The van der Waals surface area contributed by atoms with E-state index in [2.05, 4.69) is 25.9 Å². The molecule has 27 heavy (non-hydrogen) atoms. The van der Waals surface area contributed by atoms with Gasteiger partial charge in [0.25, 0.3) is 0 Å². The molecule has 0 N–H and O–H groups in total. The van der Waals surface area contributed by atoms with Gasteiger partial charge in [0.1, 0.15) is 16.9 Å². The number of rotatable bonds is 3. The predicted molar refractivity (Wildman–Crippen MR) is 108 cm³/mol. The van der Waals surface area contributed by atoms with Gasteiger partial charge in [-0.25, -0.2) is 14.5 Å². The lowest BCUT2D eigenvalue weighted by molar-refractivity contribution is 0.184. The summed E-state index contributed by atoms with van der Waals surface area (Å²) in [4.78, 5) is 12.1. The molecule has 4 aromatic rings. The molecular weight excluding hydrogens is 356 g/mol. The van der Waals surface area contributed by atoms with Gasteiger partial charge in [-0.1, -0.05) is 27.2 Å². The molecule has 1 aliphatic rings. The Bertz CT molecular complexity index is 1150. The molecule has 0 saturated heterocycles. The number of nitrogens with zero attached hydrogens (tertiary/aromatic N) is 4. The molecule has 1 aliphatic carbocycles. The van der Waals surface area contributed by atoms with Crippen LogP contribution < -0.4 is 0 Å². The molecule has 0 radical (unpaired) electrons. The lowest BCUT2D eigenvalue weighted by Crippen LogP contribution is -2.28. The number of aryl methyl sites for hydroxylation is 2. The number of hydrogen-bond donors (Lipinski definition) is 0. The predicted octanol–water partition coefficient (Wildman–Crippen LogP) is 5.45. The summed E-state index contributed by atoms with van der Waals surface area (Å²) in [6.45, 7) is 9.06. The molecule has 0 amide bonds. The molecule has 5 rings (SSSR count). The van der Waals surface area contributed by atoms with Gasteiger partial charge in [0.15, 0.2) is 11.5 Å². The summed E-state index contributed by atoms with van der Waals surface area (Å²) in [5.74, 6) is 2.28. The van der Waals surface area contributed by atoms with E-state index >= 15 is 0 Å². The Morgan fingerprint density at radius 2 is 2.22 bits per heavy atom. The molecule has 0 saturated carbocycles. The molecule has 0 bridgehead atoms. The summed E-state index contributed by atoms with van der Waals surface area (Å²) in [6.07, 6.45) is 8.20. The number of furan rings is 1. The fraction of sp³-hybridized carbons (Fsp3) is 0.476. The van der Waals surface area contributed by atoms with Gasteiger partial charge in [0.05, 0.1) is 17.2 Å². The Morgan fingerprint density at radius 3 is 2.96 bits per heavy atom. The molecule has 0 aliphatic heterocycles. The fourth-order valence-electron chi connectivity index (χ4n) is 4.26. The van der Waals surface area contributed by atoms with Crippen molar-refractivity contribution in [2.75, 3.05) is 0 Å². The van der Waals surface area contributed by atoms with Crippen LogP contribution in [0.3, 0.4) is 0 Å². The van der Waals surface area contributed by atoms with Gasteiger partial charge >= 0.3 is 0 Å². The molecule has 6 heteroatoms. The summed E-state index contributed by atoms with van der Waals surface area (Å²) >= 11 is 1.84. The van der Waals surface area contributed by atoms with E-state index in [9.17, 15) is 0 Å². The topological polar surface area (TPSA) is 56.2 Å². The zero-order valence-corrected chi connectivity index (χ0v) is 17.1. The van der Waals surface area contributed by atoms with Gasteiger partial charge in [0, 0.05) is 4.88 Å². The molecule has 5 nitrogen and oxygen atoms in total. The molecule has 4 aromatic heterocycles. The lowest BCUT2D eigenvalue weighted by Gasteiger charge is -2.36. The molecule has 1 unspecified atom stereocenters. The highest BCUT2D eigenvalue weighted by Crippen LogP contribution is 2.45. The molecule has 140 valence electrons. The number of hydrogen-bond acceptors (Lipinski definition) is 5. The van der Waals surface area contributed by atoms with Crippen molar-refractivity contribution < 1.29 is 4.42 Å². The first-order valence-electron chi connectivity index (χ1n) is 9.68. The van der Waals surface area contributed by atoms with Crippen LogP contribution >= 0.6 is 11.3 Å². The number of aromatic nitrogens is 4. The van der Waals surface area contributed by atoms with Crippen LogP contribution in [-0.2, 0) is 12.8 Å². The van der Waals surface area contributed by atoms with Crippen molar-refractivity contribution in [3.63, 3.8) is 0 Å². The fourth-order valence-corrected chi connectivity index (χ4v) is 5.52. The Kier molecular flexibility index (Phi) is 3.69. The maximum absolute atomic E-state index is 5.43. The monoisotopic (exact) mass is 380 g/mol. The van der Waals surface area contributed by atoms with Crippen molar-refractivity contribution >= 4 is 27.2 Å². The minimum absolute atomic E-state index is 0.386. The minimum Gasteiger partial charge on any atom is -0.469 e. The van der Waals surface area contributed by atoms with Crippen LogP contribution in [0, 0.1) is 18.3 Å². The minimum atomic E-state index is 0.386. The van der Waals surface area contributed by atoms with Gasteiger partial charge < -0.3 is 4.42 Å². The smallest absolute Gasteiger partial charge is 0.185 e. The summed E-state index contributed by atoms with van der Waals surface area (Å²) in [6, 6.07) is 1.93. The van der Waals surface area contributed by atoms with Gasteiger partial charge in [0.2, 0.25) is 0 Å². The average Bonchev–Trinajstić information content (AvgIpc) is 3.35. The quantitative estimate of drug-likeness (QED) is 0.474. The van der Waals surface area contributed by atoms with E-state index in [-0.39, 0.29) is 0 Å². The highest BCUT2D eigenvalue weighted by atomic mass is 32.1. The van der Waals surface area contributed by atoms with Crippen LogP contribution in [0.15, 0.2) is 23.1 Å². The normalized spacial score (nSPS) is 17.7. The second-order valence-corrected chi connectivity index (χ2v) is 9.39. The van der Waals surface area contributed by atoms with Crippen molar-refractivity contribution in [3.8, 4) is 11.4 Å². The Hall–Kier alpha value is -2.21. The Labute approximate surface area is 162 Å². The van der Waals surface area contributed by atoms with Crippen LogP contribution in [0.5, 0.6) is 0 Å². The third-order valence-electron chi connectivity index (χ3n) is 6.50. The van der Waals surface area contributed by atoms with Crippen LogP contribution in [-0.4, -0.2) is 19.6 Å². The number of thiophene rings is 1. The zero-order valence-electron chi connectivity index (χ0n) is 16.2. The van der Waals surface area contributed by atoms with E-state index in [4.69, 9.17) is 14.4 Å². The van der Waals surface area contributed by atoms with E-state index in [0.717, 1.165) is 40.6 Å². The second kappa shape index (κ2) is 5.89. The van der Waals surface area contributed by atoms with E-state index < -0.39 is 0 Å². The maximum atomic E-state index is 5.43. The Balaban J connectivity index is 1.65. The van der Waals surface area contributed by atoms with E-state index in [0.29, 0.717) is 11.2 Å². The van der Waals surface area contributed by atoms with Crippen molar-refractivity contribution in [3.05, 3.63) is 34.9 Å². The molecule has 0 aromatic carbocycles. The third-order valence-corrected chi connectivity index (χ3v) is 7.66. The molecule has 4 heterocycles. The largest absolute Gasteiger partial charge is 0.469 e. The molecule has 0 spiro atoms. The highest BCUT2D eigenvalue weighted by molar-refractivity contribution is 7.19. The first-order valence-corrected chi connectivity index (χ1v) is 10.5. The third kappa shape index (κ3) is 2.53. The van der Waals surface area contributed by atoms with Crippen molar-refractivity contribution in [2.45, 2.75) is 53.4 Å². The standard InChI is InChI=1S/C21H24N4OS/c1-5-21(3,4)13-6-7-15-16(10-13)27-20-17(15)19-23-18(24-25(19)11-22-20)14-8-9-26-12(14)2/h8-9,11,13H,5-7,10H2,1-4H3. The van der Waals surface area contributed by atoms with E-state index in [1.165, 1.54) is 28.7 Å². The first-order chi connectivity index (χ1) is 13.0. The van der Waals surface area contributed by atoms with Crippen LogP contribution in [0.25, 0.3) is 27.3 Å². The maximum Gasteiger partial charge on any atom is 0.185 e.